The third-order valence-electron chi connectivity index (χ3n) is 2.09. The Kier molecular flexibility index (Phi) is 4.37. The van der Waals surface area contributed by atoms with Crippen molar-refractivity contribution in [3.63, 3.8) is 0 Å². The highest BCUT2D eigenvalue weighted by atomic mass is 19.1. The number of hydrogen-bond acceptors (Lipinski definition) is 3. The number of carbonyl (C=O) groups is 1. The van der Waals surface area contributed by atoms with E-state index in [1.165, 1.54) is 12.3 Å². The zero-order chi connectivity index (χ0) is 12.1. The van der Waals surface area contributed by atoms with Gasteiger partial charge in [0.05, 0.1) is 17.9 Å². The second-order valence-electron chi connectivity index (χ2n) is 4.08. The van der Waals surface area contributed by atoms with Gasteiger partial charge < -0.3 is 11.1 Å². The first-order chi connectivity index (χ1) is 7.50. The van der Waals surface area contributed by atoms with Gasteiger partial charge in [0.1, 0.15) is 0 Å². The number of hydrogen-bond donors (Lipinski definition) is 2. The van der Waals surface area contributed by atoms with Crippen LogP contribution in [0.15, 0.2) is 18.5 Å². The van der Waals surface area contributed by atoms with Crippen molar-refractivity contribution < 1.29 is 9.18 Å². The second-order valence-corrected chi connectivity index (χ2v) is 4.08. The fraction of sp³-hybridized carbons (Fsp3) is 0.455. The normalized spacial score (nSPS) is 12.6. The summed E-state index contributed by atoms with van der Waals surface area (Å²) >= 11 is 0. The molecule has 0 aromatic carbocycles. The molecule has 0 bridgehead atoms. The monoisotopic (exact) mass is 225 g/mol. The van der Waals surface area contributed by atoms with Crippen molar-refractivity contribution in [2.24, 2.45) is 11.7 Å². The number of pyridine rings is 1. The first kappa shape index (κ1) is 12.6. The van der Waals surface area contributed by atoms with Crippen molar-refractivity contribution in [1.82, 2.24) is 4.98 Å². The Morgan fingerprint density at radius 3 is 2.88 bits per heavy atom. The van der Waals surface area contributed by atoms with Gasteiger partial charge in [-0.15, -0.1) is 0 Å². The Labute approximate surface area is 94.1 Å². The lowest BCUT2D eigenvalue weighted by Crippen LogP contribution is -2.36. The SMILES string of the molecule is CC(C)C[C@H](N)C(=O)Nc1ccncc1F. The van der Waals surface area contributed by atoms with Gasteiger partial charge in [-0.25, -0.2) is 4.39 Å². The molecule has 1 atom stereocenters. The number of amides is 1. The van der Waals surface area contributed by atoms with Crippen LogP contribution in [0.25, 0.3) is 0 Å². The van der Waals surface area contributed by atoms with Gasteiger partial charge in [-0.2, -0.15) is 0 Å². The molecule has 1 amide bonds. The molecule has 0 aliphatic heterocycles. The summed E-state index contributed by atoms with van der Waals surface area (Å²) in [5.74, 6) is -0.616. The van der Waals surface area contributed by atoms with Gasteiger partial charge in [0.15, 0.2) is 5.82 Å². The maximum Gasteiger partial charge on any atom is 0.241 e. The third kappa shape index (κ3) is 3.58. The van der Waals surface area contributed by atoms with Crippen molar-refractivity contribution >= 4 is 11.6 Å². The number of nitrogens with two attached hydrogens (primary N) is 1. The topological polar surface area (TPSA) is 68.0 Å². The summed E-state index contributed by atoms with van der Waals surface area (Å²) in [5, 5.41) is 2.44. The van der Waals surface area contributed by atoms with E-state index >= 15 is 0 Å². The zero-order valence-corrected chi connectivity index (χ0v) is 9.40. The van der Waals surface area contributed by atoms with Gasteiger partial charge in [-0.3, -0.25) is 9.78 Å². The number of aromatic nitrogens is 1. The van der Waals surface area contributed by atoms with Gasteiger partial charge in [0.2, 0.25) is 5.91 Å². The van der Waals surface area contributed by atoms with E-state index in [0.717, 1.165) is 6.20 Å². The molecule has 0 fully saturated rings. The summed E-state index contributed by atoms with van der Waals surface area (Å²) in [7, 11) is 0. The average Bonchev–Trinajstić information content (AvgIpc) is 2.20. The summed E-state index contributed by atoms with van der Waals surface area (Å²) in [6.45, 7) is 3.94. The van der Waals surface area contributed by atoms with E-state index in [9.17, 15) is 9.18 Å². The molecule has 3 N–H and O–H groups in total. The number of nitrogens with zero attached hydrogens (tertiary/aromatic N) is 1. The number of anilines is 1. The molecule has 1 aromatic heterocycles. The number of carbonyl (C=O) groups excluding carboxylic acids is 1. The van der Waals surface area contributed by atoms with Crippen LogP contribution in [0.4, 0.5) is 10.1 Å². The average molecular weight is 225 g/mol. The lowest BCUT2D eigenvalue weighted by Gasteiger charge is -2.14. The Hall–Kier alpha value is -1.49. The van der Waals surface area contributed by atoms with Crippen LogP contribution in [0, 0.1) is 11.7 Å². The Balaban J connectivity index is 2.61. The summed E-state index contributed by atoms with van der Waals surface area (Å²) in [6, 6.07) is 0.780. The summed E-state index contributed by atoms with van der Waals surface area (Å²) in [6.07, 6.45) is 3.02. The maximum absolute atomic E-state index is 13.2. The predicted molar refractivity (Wildman–Crippen MR) is 60.3 cm³/mol. The van der Waals surface area contributed by atoms with Crippen LogP contribution in [0.2, 0.25) is 0 Å². The highest BCUT2D eigenvalue weighted by Gasteiger charge is 2.16. The van der Waals surface area contributed by atoms with Crippen molar-refractivity contribution in [1.29, 1.82) is 0 Å². The van der Waals surface area contributed by atoms with E-state index in [4.69, 9.17) is 5.73 Å². The molecule has 1 heterocycles. The van der Waals surface area contributed by atoms with Crippen LogP contribution in [0.5, 0.6) is 0 Å². The molecule has 1 rings (SSSR count). The summed E-state index contributed by atoms with van der Waals surface area (Å²) < 4.78 is 13.2. The molecule has 0 spiro atoms. The molecule has 1 aromatic rings. The highest BCUT2D eigenvalue weighted by Crippen LogP contribution is 2.12. The van der Waals surface area contributed by atoms with Gasteiger partial charge in [-0.05, 0) is 18.4 Å². The molecule has 0 saturated carbocycles. The molecule has 0 radical (unpaired) electrons. The molecule has 16 heavy (non-hydrogen) atoms. The van der Waals surface area contributed by atoms with E-state index in [1.807, 2.05) is 13.8 Å². The standard InChI is InChI=1S/C11H16FN3O/c1-7(2)5-9(13)11(16)15-10-3-4-14-6-8(10)12/h3-4,6-7,9H,5,13H2,1-2H3,(H,14,15,16)/t9-/m0/s1. The van der Waals surface area contributed by atoms with Gasteiger partial charge in [0, 0.05) is 6.20 Å². The van der Waals surface area contributed by atoms with Crippen LogP contribution in [0.3, 0.4) is 0 Å². The van der Waals surface area contributed by atoms with Crippen LogP contribution in [-0.4, -0.2) is 16.9 Å². The zero-order valence-electron chi connectivity index (χ0n) is 9.40. The van der Waals surface area contributed by atoms with Crippen molar-refractivity contribution in [2.75, 3.05) is 5.32 Å². The van der Waals surface area contributed by atoms with E-state index in [0.29, 0.717) is 12.3 Å². The number of halogens is 1. The van der Waals surface area contributed by atoms with Crippen LogP contribution in [-0.2, 0) is 4.79 Å². The second kappa shape index (κ2) is 5.55. The van der Waals surface area contributed by atoms with E-state index in [-0.39, 0.29) is 11.6 Å². The Morgan fingerprint density at radius 2 is 2.31 bits per heavy atom. The lowest BCUT2D eigenvalue weighted by atomic mass is 10.0. The molecule has 0 unspecified atom stereocenters. The number of nitrogens with one attached hydrogen (secondary N) is 1. The van der Waals surface area contributed by atoms with E-state index in [2.05, 4.69) is 10.3 Å². The molecular formula is C11H16FN3O. The minimum atomic E-state index is -0.618. The first-order valence-corrected chi connectivity index (χ1v) is 5.16. The maximum atomic E-state index is 13.2. The quantitative estimate of drug-likeness (QED) is 0.816. The van der Waals surface area contributed by atoms with Crippen LogP contribution < -0.4 is 11.1 Å². The third-order valence-corrected chi connectivity index (χ3v) is 2.09. The largest absolute Gasteiger partial charge is 0.322 e. The van der Waals surface area contributed by atoms with Crippen molar-refractivity contribution in [3.05, 3.63) is 24.3 Å². The molecule has 0 aliphatic carbocycles. The predicted octanol–water partition coefficient (Wildman–Crippen LogP) is 1.53. The summed E-state index contributed by atoms with van der Waals surface area (Å²) in [4.78, 5) is 15.2. The van der Waals surface area contributed by atoms with Crippen molar-refractivity contribution in [2.45, 2.75) is 26.3 Å². The fourth-order valence-electron chi connectivity index (χ4n) is 1.32. The highest BCUT2D eigenvalue weighted by molar-refractivity contribution is 5.94. The Bertz CT molecular complexity index is 368. The molecule has 88 valence electrons. The Morgan fingerprint density at radius 1 is 1.62 bits per heavy atom. The smallest absolute Gasteiger partial charge is 0.241 e. The van der Waals surface area contributed by atoms with Crippen LogP contribution >= 0.6 is 0 Å². The van der Waals surface area contributed by atoms with E-state index < -0.39 is 11.9 Å². The molecule has 5 heteroatoms. The van der Waals surface area contributed by atoms with Gasteiger partial charge >= 0.3 is 0 Å². The van der Waals surface area contributed by atoms with E-state index in [1.54, 1.807) is 0 Å². The number of rotatable bonds is 4. The molecular weight excluding hydrogens is 209 g/mol. The van der Waals surface area contributed by atoms with Crippen molar-refractivity contribution in [3.8, 4) is 0 Å². The van der Waals surface area contributed by atoms with Gasteiger partial charge in [0.25, 0.3) is 0 Å². The summed E-state index contributed by atoms with van der Waals surface area (Å²) in [5.41, 5.74) is 5.78. The minimum absolute atomic E-state index is 0.110. The van der Waals surface area contributed by atoms with Crippen LogP contribution in [0.1, 0.15) is 20.3 Å². The lowest BCUT2D eigenvalue weighted by molar-refractivity contribution is -0.117. The first-order valence-electron chi connectivity index (χ1n) is 5.16. The minimum Gasteiger partial charge on any atom is -0.322 e. The molecule has 0 saturated heterocycles. The molecule has 0 aliphatic rings. The molecule has 4 nitrogen and oxygen atoms in total. The van der Waals surface area contributed by atoms with Gasteiger partial charge in [-0.1, -0.05) is 13.8 Å². The fourth-order valence-corrected chi connectivity index (χ4v) is 1.32.